The predicted octanol–water partition coefficient (Wildman–Crippen LogP) is 7.66. The van der Waals surface area contributed by atoms with Crippen LogP contribution in [-0.4, -0.2) is 31.4 Å². The first-order chi connectivity index (χ1) is 21.6. The first-order valence-electron chi connectivity index (χ1n) is 15.0. The summed E-state index contributed by atoms with van der Waals surface area (Å²) in [5.74, 6) is 0.635. The molecule has 4 aromatic carbocycles. The van der Waals surface area contributed by atoms with Crippen molar-refractivity contribution in [2.75, 3.05) is 0 Å². The number of aromatic nitrogens is 3. The lowest BCUT2D eigenvalue weighted by atomic mass is 9.89. The van der Waals surface area contributed by atoms with Gasteiger partial charge in [-0.2, -0.15) is 0 Å². The lowest BCUT2D eigenvalue weighted by Gasteiger charge is -2.19. The third-order valence-electron chi connectivity index (χ3n) is 8.03. The van der Waals surface area contributed by atoms with Gasteiger partial charge in [0.05, 0.1) is 27.7 Å². The van der Waals surface area contributed by atoms with Gasteiger partial charge in [-0.05, 0) is 67.3 Å². The summed E-state index contributed by atoms with van der Waals surface area (Å²) in [6.45, 7) is 5.90. The van der Waals surface area contributed by atoms with E-state index in [2.05, 4.69) is 34.9 Å². The van der Waals surface area contributed by atoms with Crippen LogP contribution in [0.25, 0.3) is 33.1 Å². The smallest absolute Gasteiger partial charge is 0.309 e. The van der Waals surface area contributed by atoms with Crippen LogP contribution in [0, 0.1) is 5.41 Å². The van der Waals surface area contributed by atoms with Gasteiger partial charge in [0.2, 0.25) is 0 Å². The Balaban J connectivity index is 1.26. The summed E-state index contributed by atoms with van der Waals surface area (Å²) in [5.41, 5.74) is 6.60. The highest BCUT2D eigenvalue weighted by Crippen LogP contribution is 2.29. The number of hydrogen-bond acceptors (Lipinski definition) is 5. The third-order valence-corrected chi connectivity index (χ3v) is 8.03. The molecule has 1 N–H and O–H groups in total. The summed E-state index contributed by atoms with van der Waals surface area (Å²) in [5, 5.41) is 11.0. The number of carbonyl (C=O) groups excluding carboxylic acids is 1. The molecule has 45 heavy (non-hydrogen) atoms. The summed E-state index contributed by atoms with van der Waals surface area (Å²) in [6.07, 6.45) is 0.692. The monoisotopic (exact) mass is 597 g/mol. The van der Waals surface area contributed by atoms with Crippen LogP contribution in [0.15, 0.2) is 103 Å². The summed E-state index contributed by atoms with van der Waals surface area (Å²) < 4.78 is 8.21. The van der Waals surface area contributed by atoms with Gasteiger partial charge in [-0.25, -0.2) is 9.97 Å². The normalized spacial score (nSPS) is 11.6. The average Bonchev–Trinajstić information content (AvgIpc) is 3.35. The first-order valence-corrected chi connectivity index (χ1v) is 15.0. The predicted molar refractivity (Wildman–Crippen MR) is 176 cm³/mol. The molecule has 0 amide bonds. The van der Waals surface area contributed by atoms with Gasteiger partial charge < -0.3 is 14.4 Å². The molecule has 226 valence electrons. The van der Waals surface area contributed by atoms with Crippen molar-refractivity contribution in [2.24, 2.45) is 5.41 Å². The Morgan fingerprint density at radius 2 is 1.60 bits per heavy atom. The summed E-state index contributed by atoms with van der Waals surface area (Å²) in [7, 11) is 0. The van der Waals surface area contributed by atoms with Crippen LogP contribution in [0.3, 0.4) is 0 Å². The minimum Gasteiger partial charge on any atom is -0.487 e. The van der Waals surface area contributed by atoms with Crippen LogP contribution in [0.4, 0.5) is 0 Å². The highest BCUT2D eigenvalue weighted by Gasteiger charge is 2.30. The fourth-order valence-electron chi connectivity index (χ4n) is 5.51. The van der Waals surface area contributed by atoms with E-state index in [0.29, 0.717) is 31.1 Å². The number of para-hydroxylation sites is 1. The molecule has 0 spiro atoms. The van der Waals surface area contributed by atoms with E-state index in [1.165, 1.54) is 0 Å². The van der Waals surface area contributed by atoms with Gasteiger partial charge in [-0.3, -0.25) is 9.59 Å². The van der Waals surface area contributed by atoms with Crippen LogP contribution in [-0.2, 0) is 35.6 Å². The maximum absolute atomic E-state index is 12.0. The molecule has 0 fully saturated rings. The highest BCUT2D eigenvalue weighted by atomic mass is 16.5. The third kappa shape index (κ3) is 6.78. The van der Waals surface area contributed by atoms with E-state index < -0.39 is 11.4 Å². The lowest BCUT2D eigenvalue weighted by molar-refractivity contribution is -0.146. The van der Waals surface area contributed by atoms with E-state index in [1.54, 1.807) is 20.8 Å². The number of hydrogen-bond donors (Lipinski definition) is 1. The molecule has 2 aromatic heterocycles. The van der Waals surface area contributed by atoms with Crippen LogP contribution < -0.4 is 4.74 Å². The van der Waals surface area contributed by atoms with Gasteiger partial charge >= 0.3 is 5.97 Å². The Morgan fingerprint density at radius 3 is 2.38 bits per heavy atom. The van der Waals surface area contributed by atoms with E-state index in [-0.39, 0.29) is 12.2 Å². The number of carboxylic acids is 1. The number of imidazole rings is 1. The van der Waals surface area contributed by atoms with E-state index in [0.717, 1.165) is 49.9 Å². The van der Waals surface area contributed by atoms with E-state index in [4.69, 9.17) is 14.7 Å². The van der Waals surface area contributed by atoms with Gasteiger partial charge in [0, 0.05) is 30.8 Å². The molecule has 0 atom stereocenters. The number of nitrogens with zero attached hydrogens (tertiary/aromatic N) is 3. The summed E-state index contributed by atoms with van der Waals surface area (Å²) in [6, 6.07) is 34.2. The molecule has 7 nitrogen and oxygen atoms in total. The van der Waals surface area contributed by atoms with Crippen molar-refractivity contribution in [3.63, 3.8) is 0 Å². The van der Waals surface area contributed by atoms with Crippen molar-refractivity contribution in [3.05, 3.63) is 126 Å². The number of pyridine rings is 1. The van der Waals surface area contributed by atoms with Gasteiger partial charge in [-0.15, -0.1) is 0 Å². The molecule has 0 unspecified atom stereocenters. The zero-order valence-electron chi connectivity index (χ0n) is 25.7. The number of ketones is 1. The van der Waals surface area contributed by atoms with Gasteiger partial charge in [0.1, 0.15) is 24.0 Å². The second-order valence-electron chi connectivity index (χ2n) is 12.2. The fraction of sp³-hybridized carbons (Fsp3) is 0.211. The Hall–Kier alpha value is -5.30. The largest absolute Gasteiger partial charge is 0.487 e. The van der Waals surface area contributed by atoms with Crippen LogP contribution in [0.5, 0.6) is 5.75 Å². The molecule has 6 aromatic rings. The van der Waals surface area contributed by atoms with Crippen LogP contribution in [0.2, 0.25) is 0 Å². The average molecular weight is 598 g/mol. The van der Waals surface area contributed by atoms with E-state index >= 15 is 0 Å². The molecule has 2 heterocycles. The summed E-state index contributed by atoms with van der Waals surface area (Å²) >= 11 is 0. The Morgan fingerprint density at radius 1 is 0.800 bits per heavy atom. The number of Topliss-reactive ketones (excluding diaryl/α,β-unsaturated/α-hetero) is 1. The minimum absolute atomic E-state index is 0.137. The molecule has 0 aliphatic rings. The zero-order chi connectivity index (χ0) is 31.6. The molecule has 6 rings (SSSR count). The SMILES string of the molecule is CC(=O)Cc1cccc(-c2ccc(Cn3c(CC(C)(C)C(=O)O)nc4cc(OCc5ccc6ccccc6n5)ccc43)cc2)c1. The van der Waals surface area contributed by atoms with Crippen molar-refractivity contribution >= 4 is 33.7 Å². The standard InChI is InChI=1S/C38H35N3O4/c1-25(42)19-27-7-6-9-30(20-27)28-13-11-26(12-14-28)23-41-35-18-17-32(21-34(35)40-36(41)22-38(2,3)37(43)44)45-24-31-16-15-29-8-4-5-10-33(29)39-31/h4-18,20-21H,19,22-24H2,1-3H3,(H,43,44). The second-order valence-corrected chi connectivity index (χ2v) is 12.2. The fourth-order valence-corrected chi connectivity index (χ4v) is 5.51. The number of ether oxygens (including phenoxy) is 1. The van der Waals surface area contributed by atoms with Gasteiger partial charge in [-0.1, -0.05) is 72.8 Å². The Bertz CT molecular complexity index is 2030. The molecule has 0 aliphatic heterocycles. The summed E-state index contributed by atoms with van der Waals surface area (Å²) in [4.78, 5) is 33.3. The first kappa shape index (κ1) is 29.8. The van der Waals surface area contributed by atoms with Crippen molar-refractivity contribution in [1.82, 2.24) is 14.5 Å². The van der Waals surface area contributed by atoms with Crippen molar-refractivity contribution in [1.29, 1.82) is 0 Å². The molecule has 0 aliphatic carbocycles. The maximum atomic E-state index is 12.0. The molecule has 0 bridgehead atoms. The highest BCUT2D eigenvalue weighted by molar-refractivity contribution is 5.80. The van der Waals surface area contributed by atoms with E-state index in [1.807, 2.05) is 72.8 Å². The number of rotatable bonds is 11. The second kappa shape index (κ2) is 12.4. The Kier molecular flexibility index (Phi) is 8.18. The van der Waals surface area contributed by atoms with Crippen molar-refractivity contribution in [3.8, 4) is 16.9 Å². The lowest BCUT2D eigenvalue weighted by Crippen LogP contribution is -2.27. The maximum Gasteiger partial charge on any atom is 0.309 e. The number of aliphatic carboxylic acids is 1. The van der Waals surface area contributed by atoms with Crippen LogP contribution >= 0.6 is 0 Å². The van der Waals surface area contributed by atoms with Crippen molar-refractivity contribution in [2.45, 2.75) is 46.8 Å². The van der Waals surface area contributed by atoms with Crippen molar-refractivity contribution < 1.29 is 19.4 Å². The number of benzene rings is 4. The molecular weight excluding hydrogens is 562 g/mol. The topological polar surface area (TPSA) is 94.3 Å². The molecule has 0 saturated carbocycles. The quantitative estimate of drug-likeness (QED) is 0.165. The van der Waals surface area contributed by atoms with Gasteiger partial charge in [0.25, 0.3) is 0 Å². The van der Waals surface area contributed by atoms with Gasteiger partial charge in [0.15, 0.2) is 0 Å². The number of carboxylic acid groups (broad SMARTS) is 1. The molecule has 0 radical (unpaired) electrons. The van der Waals surface area contributed by atoms with Crippen LogP contribution in [0.1, 0.15) is 43.4 Å². The number of carbonyl (C=O) groups is 2. The molecular formula is C38H35N3O4. The molecule has 0 saturated heterocycles. The number of fused-ring (bicyclic) bond motifs is 2. The molecule has 7 heteroatoms. The van der Waals surface area contributed by atoms with E-state index in [9.17, 15) is 14.7 Å². The minimum atomic E-state index is -0.991. The zero-order valence-corrected chi connectivity index (χ0v) is 25.7. The Labute approximate surface area is 262 Å².